The van der Waals surface area contributed by atoms with E-state index in [0.29, 0.717) is 0 Å². The van der Waals surface area contributed by atoms with Gasteiger partial charge in [0.25, 0.3) is 0 Å². The Kier molecular flexibility index (Phi) is 4.31. The monoisotopic (exact) mass is 268 g/mol. The predicted octanol–water partition coefficient (Wildman–Crippen LogP) is 3.73. The van der Waals surface area contributed by atoms with Crippen LogP contribution in [0.2, 0.25) is 0 Å². The van der Waals surface area contributed by atoms with Gasteiger partial charge in [-0.2, -0.15) is 0 Å². The van der Waals surface area contributed by atoms with Crippen LogP contribution in [0.3, 0.4) is 0 Å². The number of hydrogen-bond acceptors (Lipinski definition) is 0. The maximum atomic E-state index is 3.73. The number of halogens is 2. The van der Waals surface area contributed by atoms with Crippen LogP contribution in [0.5, 0.6) is 0 Å². The van der Waals surface area contributed by atoms with Gasteiger partial charge in [-0.1, -0.05) is 44.7 Å². The Labute approximate surface area is 80.0 Å². The van der Waals surface area contributed by atoms with Crippen LogP contribution in [0.15, 0.2) is 0 Å². The first-order valence-corrected chi connectivity index (χ1v) is 6.08. The van der Waals surface area contributed by atoms with Gasteiger partial charge in [-0.25, -0.2) is 0 Å². The summed E-state index contributed by atoms with van der Waals surface area (Å²) in [6.45, 7) is 0. The third-order valence-corrected chi connectivity index (χ3v) is 3.96. The van der Waals surface area contributed by atoms with Gasteiger partial charge in [-0.3, -0.25) is 0 Å². The molecule has 60 valence electrons. The van der Waals surface area contributed by atoms with E-state index >= 15 is 0 Å². The molecule has 1 fully saturated rings. The van der Waals surface area contributed by atoms with Crippen LogP contribution in [-0.2, 0) is 0 Å². The number of hydrogen-bond donors (Lipinski definition) is 0. The first kappa shape index (κ1) is 9.05. The summed E-state index contributed by atoms with van der Waals surface area (Å²) in [6, 6.07) is 0. The van der Waals surface area contributed by atoms with Crippen molar-refractivity contribution in [2.75, 3.05) is 5.33 Å². The summed E-state index contributed by atoms with van der Waals surface area (Å²) >= 11 is 7.20. The standard InChI is InChI=1S/C8H14Br2/c9-6-5-8(10)7-3-1-2-4-7/h7-8H,1-6H2/t8-/m1/s1. The molecule has 0 saturated heterocycles. The van der Waals surface area contributed by atoms with E-state index in [1.165, 1.54) is 32.1 Å². The number of alkyl halides is 2. The molecule has 0 spiro atoms. The highest BCUT2D eigenvalue weighted by atomic mass is 79.9. The van der Waals surface area contributed by atoms with Crippen molar-refractivity contribution in [1.82, 2.24) is 0 Å². The highest BCUT2D eigenvalue weighted by molar-refractivity contribution is 9.10. The molecule has 0 aromatic carbocycles. The molecule has 0 heterocycles. The average Bonchev–Trinajstić information content (AvgIpc) is 2.38. The van der Waals surface area contributed by atoms with Crippen molar-refractivity contribution in [2.24, 2.45) is 5.92 Å². The van der Waals surface area contributed by atoms with Crippen LogP contribution >= 0.6 is 31.9 Å². The van der Waals surface area contributed by atoms with Gasteiger partial charge in [0.05, 0.1) is 0 Å². The van der Waals surface area contributed by atoms with Crippen LogP contribution in [0, 0.1) is 5.92 Å². The first-order chi connectivity index (χ1) is 4.84. The Morgan fingerprint density at radius 1 is 1.30 bits per heavy atom. The van der Waals surface area contributed by atoms with Gasteiger partial charge in [0, 0.05) is 10.2 Å². The predicted molar refractivity (Wildman–Crippen MR) is 53.1 cm³/mol. The van der Waals surface area contributed by atoms with Crippen LogP contribution in [-0.4, -0.2) is 10.2 Å². The van der Waals surface area contributed by atoms with E-state index in [0.717, 1.165) is 16.1 Å². The van der Waals surface area contributed by atoms with Gasteiger partial charge >= 0.3 is 0 Å². The average molecular weight is 270 g/mol. The Hall–Kier alpha value is 0.960. The second-order valence-electron chi connectivity index (χ2n) is 3.04. The second kappa shape index (κ2) is 4.76. The van der Waals surface area contributed by atoms with Gasteiger partial charge in [0.15, 0.2) is 0 Å². The molecule has 1 aliphatic rings. The van der Waals surface area contributed by atoms with Crippen LogP contribution in [0.4, 0.5) is 0 Å². The summed E-state index contributed by atoms with van der Waals surface area (Å²) in [6.07, 6.45) is 7.08. The van der Waals surface area contributed by atoms with Gasteiger partial charge in [0.1, 0.15) is 0 Å². The normalized spacial score (nSPS) is 23.4. The van der Waals surface area contributed by atoms with Crippen molar-refractivity contribution in [3.63, 3.8) is 0 Å². The van der Waals surface area contributed by atoms with Crippen molar-refractivity contribution in [3.05, 3.63) is 0 Å². The molecule has 0 aliphatic heterocycles. The van der Waals surface area contributed by atoms with Crippen molar-refractivity contribution in [2.45, 2.75) is 36.9 Å². The third kappa shape index (κ3) is 2.54. The Morgan fingerprint density at radius 3 is 2.40 bits per heavy atom. The molecule has 1 atom stereocenters. The van der Waals surface area contributed by atoms with Gasteiger partial charge in [-0.05, 0) is 25.2 Å². The minimum absolute atomic E-state index is 0.773. The van der Waals surface area contributed by atoms with Crippen molar-refractivity contribution in [3.8, 4) is 0 Å². The number of rotatable bonds is 3. The molecule has 1 rings (SSSR count). The van der Waals surface area contributed by atoms with E-state index in [4.69, 9.17) is 0 Å². The van der Waals surface area contributed by atoms with Crippen LogP contribution in [0.1, 0.15) is 32.1 Å². The molecule has 10 heavy (non-hydrogen) atoms. The molecule has 0 radical (unpaired) electrons. The molecular weight excluding hydrogens is 256 g/mol. The fourth-order valence-electron chi connectivity index (χ4n) is 1.66. The van der Waals surface area contributed by atoms with Gasteiger partial charge in [0.2, 0.25) is 0 Å². The molecule has 0 nitrogen and oxygen atoms in total. The smallest absolute Gasteiger partial charge is 0.0182 e. The minimum atomic E-state index is 0.773. The first-order valence-electron chi connectivity index (χ1n) is 4.04. The van der Waals surface area contributed by atoms with Crippen LogP contribution < -0.4 is 0 Å². The molecule has 0 aromatic rings. The van der Waals surface area contributed by atoms with E-state index in [-0.39, 0.29) is 0 Å². The molecule has 2 heteroatoms. The summed E-state index contributed by atoms with van der Waals surface area (Å²) in [4.78, 5) is 0.773. The zero-order chi connectivity index (χ0) is 7.40. The van der Waals surface area contributed by atoms with Gasteiger partial charge in [-0.15, -0.1) is 0 Å². The van der Waals surface area contributed by atoms with E-state index in [9.17, 15) is 0 Å². The van der Waals surface area contributed by atoms with Crippen LogP contribution in [0.25, 0.3) is 0 Å². The minimum Gasteiger partial charge on any atom is -0.0928 e. The quantitative estimate of drug-likeness (QED) is 0.685. The van der Waals surface area contributed by atoms with Gasteiger partial charge < -0.3 is 0 Å². The fraction of sp³-hybridized carbons (Fsp3) is 1.00. The largest absolute Gasteiger partial charge is 0.0928 e. The fourth-order valence-corrected chi connectivity index (χ4v) is 3.52. The lowest BCUT2D eigenvalue weighted by atomic mass is 10.0. The van der Waals surface area contributed by atoms with E-state index in [2.05, 4.69) is 31.9 Å². The van der Waals surface area contributed by atoms with E-state index in [1.807, 2.05) is 0 Å². The second-order valence-corrected chi connectivity index (χ2v) is 5.01. The molecular formula is C8H14Br2. The summed E-state index contributed by atoms with van der Waals surface area (Å²) in [5.41, 5.74) is 0. The molecule has 0 unspecified atom stereocenters. The van der Waals surface area contributed by atoms with Crippen molar-refractivity contribution in [1.29, 1.82) is 0 Å². The molecule has 0 amide bonds. The molecule has 0 bridgehead atoms. The summed E-state index contributed by atoms with van der Waals surface area (Å²) < 4.78 is 0. The lowest BCUT2D eigenvalue weighted by Crippen LogP contribution is -2.10. The zero-order valence-electron chi connectivity index (χ0n) is 6.15. The Bertz CT molecular complexity index is 87.3. The van der Waals surface area contributed by atoms with E-state index in [1.54, 1.807) is 0 Å². The SMILES string of the molecule is BrCC[C@@H](Br)C1CCCC1. The molecule has 0 aromatic heterocycles. The molecule has 0 N–H and O–H groups in total. The maximum absolute atomic E-state index is 3.73. The zero-order valence-corrected chi connectivity index (χ0v) is 9.33. The van der Waals surface area contributed by atoms with Crippen molar-refractivity contribution >= 4 is 31.9 Å². The lowest BCUT2D eigenvalue weighted by Gasteiger charge is -2.14. The summed E-state index contributed by atoms with van der Waals surface area (Å²) in [5.74, 6) is 0.970. The molecule has 1 aliphatic carbocycles. The highest BCUT2D eigenvalue weighted by Gasteiger charge is 2.21. The third-order valence-electron chi connectivity index (χ3n) is 2.30. The van der Waals surface area contributed by atoms with E-state index < -0.39 is 0 Å². The van der Waals surface area contributed by atoms with Crippen molar-refractivity contribution < 1.29 is 0 Å². The summed E-state index contributed by atoms with van der Waals surface area (Å²) in [5, 5.41) is 1.14. The summed E-state index contributed by atoms with van der Waals surface area (Å²) in [7, 11) is 0. The topological polar surface area (TPSA) is 0 Å². The Balaban J connectivity index is 2.18. The molecule has 1 saturated carbocycles. The lowest BCUT2D eigenvalue weighted by molar-refractivity contribution is 0.521. The highest BCUT2D eigenvalue weighted by Crippen LogP contribution is 2.33. The maximum Gasteiger partial charge on any atom is 0.0182 e. The Morgan fingerprint density at radius 2 is 1.90 bits per heavy atom.